The molecule has 0 aliphatic carbocycles. The second-order valence-electron chi connectivity index (χ2n) is 5.37. The van der Waals surface area contributed by atoms with Crippen molar-refractivity contribution < 1.29 is 13.6 Å². The fourth-order valence-corrected chi connectivity index (χ4v) is 2.48. The third kappa shape index (κ3) is 2.85. The van der Waals surface area contributed by atoms with E-state index in [0.717, 1.165) is 11.4 Å². The number of aromatic nitrogens is 2. The van der Waals surface area contributed by atoms with Gasteiger partial charge in [-0.15, -0.1) is 0 Å². The molecule has 1 unspecified atom stereocenters. The van der Waals surface area contributed by atoms with Crippen molar-refractivity contribution in [3.05, 3.63) is 42.2 Å². The molecular weight excluding hydrogens is 290 g/mol. The summed E-state index contributed by atoms with van der Waals surface area (Å²) >= 11 is 0. The zero-order valence-electron chi connectivity index (χ0n) is 12.0. The van der Waals surface area contributed by atoms with E-state index < -0.39 is 30.8 Å². The van der Waals surface area contributed by atoms with E-state index in [0.29, 0.717) is 5.69 Å². The van der Waals surface area contributed by atoms with Crippen molar-refractivity contribution in [2.75, 3.05) is 11.9 Å². The fourth-order valence-electron chi connectivity index (χ4n) is 2.48. The van der Waals surface area contributed by atoms with Crippen molar-refractivity contribution in [2.45, 2.75) is 25.3 Å². The van der Waals surface area contributed by atoms with Crippen LogP contribution in [0.25, 0.3) is 5.69 Å². The smallest absolute Gasteiger partial charge is 0.262 e. The molecule has 3 rings (SSSR count). The summed E-state index contributed by atoms with van der Waals surface area (Å²) in [4.78, 5) is 12.1. The maximum Gasteiger partial charge on any atom is 0.262 e. The van der Waals surface area contributed by atoms with Gasteiger partial charge in [0.1, 0.15) is 0 Å². The zero-order chi connectivity index (χ0) is 15.7. The van der Waals surface area contributed by atoms with E-state index in [9.17, 15) is 13.6 Å². The van der Waals surface area contributed by atoms with Gasteiger partial charge in [-0.05, 0) is 19.1 Å². The molecule has 5 nitrogen and oxygen atoms in total. The number of benzene rings is 1. The number of carbonyl (C=O) groups is 1. The zero-order valence-corrected chi connectivity index (χ0v) is 12.0. The van der Waals surface area contributed by atoms with Crippen LogP contribution in [0.3, 0.4) is 0 Å². The first-order chi connectivity index (χ1) is 10.5. The van der Waals surface area contributed by atoms with Crippen molar-refractivity contribution in [1.29, 1.82) is 0 Å². The van der Waals surface area contributed by atoms with Crippen molar-refractivity contribution in [1.82, 2.24) is 15.1 Å². The van der Waals surface area contributed by atoms with Gasteiger partial charge in [-0.2, -0.15) is 5.10 Å². The number of hydrogen-bond acceptors (Lipinski definition) is 3. The summed E-state index contributed by atoms with van der Waals surface area (Å²) in [6, 6.07) is 8.58. The Balaban J connectivity index is 1.74. The van der Waals surface area contributed by atoms with Gasteiger partial charge in [0.15, 0.2) is 0 Å². The third-order valence-electron chi connectivity index (χ3n) is 3.69. The van der Waals surface area contributed by atoms with Gasteiger partial charge in [0.25, 0.3) is 5.92 Å². The highest BCUT2D eigenvalue weighted by Crippen LogP contribution is 2.26. The monoisotopic (exact) mass is 306 g/mol. The van der Waals surface area contributed by atoms with Gasteiger partial charge >= 0.3 is 0 Å². The Morgan fingerprint density at radius 1 is 1.41 bits per heavy atom. The van der Waals surface area contributed by atoms with Crippen LogP contribution in [0.2, 0.25) is 0 Å². The van der Waals surface area contributed by atoms with Crippen LogP contribution in [0.1, 0.15) is 12.1 Å². The van der Waals surface area contributed by atoms with E-state index in [1.54, 1.807) is 4.68 Å². The Morgan fingerprint density at radius 2 is 2.14 bits per heavy atom. The van der Waals surface area contributed by atoms with Gasteiger partial charge in [0.05, 0.1) is 35.9 Å². The largest absolute Gasteiger partial charge is 0.322 e. The lowest BCUT2D eigenvalue weighted by Gasteiger charge is -2.11. The molecular formula is C15H16F2N4O. The molecule has 1 atom stereocenters. The Bertz CT molecular complexity index is 684. The summed E-state index contributed by atoms with van der Waals surface area (Å²) in [7, 11) is 0. The molecule has 1 aliphatic rings. The summed E-state index contributed by atoms with van der Waals surface area (Å²) in [5.74, 6) is -3.29. The highest BCUT2D eigenvalue weighted by Gasteiger charge is 2.42. The van der Waals surface area contributed by atoms with Crippen LogP contribution in [0.4, 0.5) is 14.5 Å². The number of para-hydroxylation sites is 1. The predicted molar refractivity (Wildman–Crippen MR) is 78.3 cm³/mol. The first kappa shape index (κ1) is 14.6. The minimum Gasteiger partial charge on any atom is -0.322 e. The summed E-state index contributed by atoms with van der Waals surface area (Å²) < 4.78 is 28.0. The number of nitrogens with zero attached hydrogens (tertiary/aromatic N) is 2. The number of nitrogens with one attached hydrogen (secondary N) is 2. The number of halogens is 2. The van der Waals surface area contributed by atoms with E-state index >= 15 is 0 Å². The van der Waals surface area contributed by atoms with Gasteiger partial charge in [0.2, 0.25) is 5.91 Å². The summed E-state index contributed by atoms with van der Waals surface area (Å²) in [6.07, 6.45) is 1.04. The first-order valence-electron chi connectivity index (χ1n) is 6.98. The summed E-state index contributed by atoms with van der Waals surface area (Å²) in [5.41, 5.74) is 2.13. The number of hydrogen-bond donors (Lipinski definition) is 2. The number of rotatable bonds is 3. The highest BCUT2D eigenvalue weighted by molar-refractivity contribution is 5.95. The van der Waals surface area contributed by atoms with Crippen LogP contribution < -0.4 is 10.6 Å². The lowest BCUT2D eigenvalue weighted by atomic mass is 10.2. The fraction of sp³-hybridized carbons (Fsp3) is 0.333. The topological polar surface area (TPSA) is 59.0 Å². The van der Waals surface area contributed by atoms with Crippen LogP contribution in [-0.4, -0.2) is 34.2 Å². The van der Waals surface area contributed by atoms with Gasteiger partial charge in [0, 0.05) is 6.42 Å². The van der Waals surface area contributed by atoms with E-state index in [1.807, 2.05) is 37.3 Å². The molecule has 0 spiro atoms. The molecule has 1 amide bonds. The second kappa shape index (κ2) is 5.49. The average molecular weight is 306 g/mol. The Labute approximate surface area is 126 Å². The second-order valence-corrected chi connectivity index (χ2v) is 5.37. The predicted octanol–water partition coefficient (Wildman–Crippen LogP) is 2.12. The average Bonchev–Trinajstić information content (AvgIpc) is 3.03. The molecule has 1 aromatic heterocycles. The highest BCUT2D eigenvalue weighted by atomic mass is 19.3. The summed E-state index contributed by atoms with van der Waals surface area (Å²) in [6.45, 7) is 1.35. The van der Waals surface area contributed by atoms with Crippen molar-refractivity contribution in [3.63, 3.8) is 0 Å². The number of anilines is 1. The van der Waals surface area contributed by atoms with Crippen LogP contribution in [0.15, 0.2) is 36.5 Å². The van der Waals surface area contributed by atoms with Crippen molar-refractivity contribution in [3.8, 4) is 5.69 Å². The van der Waals surface area contributed by atoms with Crippen LogP contribution in [-0.2, 0) is 4.79 Å². The maximum absolute atomic E-state index is 13.1. The molecule has 2 N–H and O–H groups in total. The van der Waals surface area contributed by atoms with Gasteiger partial charge in [-0.25, -0.2) is 13.5 Å². The maximum atomic E-state index is 13.1. The van der Waals surface area contributed by atoms with Crippen molar-refractivity contribution in [2.24, 2.45) is 0 Å². The lowest BCUT2D eigenvalue weighted by Crippen LogP contribution is -2.35. The molecule has 1 saturated heterocycles. The molecule has 2 heterocycles. The third-order valence-corrected chi connectivity index (χ3v) is 3.69. The molecule has 0 radical (unpaired) electrons. The van der Waals surface area contributed by atoms with Crippen molar-refractivity contribution >= 4 is 11.6 Å². The van der Waals surface area contributed by atoms with Gasteiger partial charge in [-0.1, -0.05) is 18.2 Å². The molecule has 1 aliphatic heterocycles. The lowest BCUT2D eigenvalue weighted by molar-refractivity contribution is -0.118. The minimum atomic E-state index is -2.83. The SMILES string of the molecule is Cc1c(NC(=O)C2CC(F)(F)CN2)cnn1-c1ccccc1. The van der Waals surface area contributed by atoms with E-state index in [-0.39, 0.29) is 0 Å². The molecule has 22 heavy (non-hydrogen) atoms. The summed E-state index contributed by atoms with van der Waals surface area (Å²) in [5, 5.41) is 9.43. The first-order valence-corrected chi connectivity index (χ1v) is 6.98. The molecule has 7 heteroatoms. The normalized spacial score (nSPS) is 20.0. The van der Waals surface area contributed by atoms with Gasteiger partial charge in [-0.3, -0.25) is 10.1 Å². The molecule has 1 fully saturated rings. The van der Waals surface area contributed by atoms with Crippen LogP contribution in [0, 0.1) is 6.92 Å². The van der Waals surface area contributed by atoms with Gasteiger partial charge < -0.3 is 5.32 Å². The Hall–Kier alpha value is -2.28. The van der Waals surface area contributed by atoms with E-state index in [1.165, 1.54) is 6.20 Å². The number of amides is 1. The minimum absolute atomic E-state index is 0.465. The van der Waals surface area contributed by atoms with Crippen LogP contribution >= 0.6 is 0 Å². The quantitative estimate of drug-likeness (QED) is 0.913. The molecule has 116 valence electrons. The number of carbonyl (C=O) groups excluding carboxylic acids is 1. The number of alkyl halides is 2. The molecule has 0 saturated carbocycles. The van der Waals surface area contributed by atoms with E-state index in [4.69, 9.17) is 0 Å². The molecule has 0 bridgehead atoms. The Kier molecular flexibility index (Phi) is 3.66. The Morgan fingerprint density at radius 3 is 2.77 bits per heavy atom. The van der Waals surface area contributed by atoms with E-state index in [2.05, 4.69) is 15.7 Å². The standard InChI is InChI=1S/C15H16F2N4O/c1-10-13(8-19-21(10)11-5-3-2-4-6-11)20-14(22)12-7-15(16,17)9-18-12/h2-6,8,12,18H,7,9H2,1H3,(H,20,22). The molecule has 1 aromatic carbocycles. The van der Waals surface area contributed by atoms with Crippen LogP contribution in [0.5, 0.6) is 0 Å². The molecule has 2 aromatic rings.